The van der Waals surface area contributed by atoms with Crippen molar-refractivity contribution in [1.82, 2.24) is 19.5 Å². The largest absolute Gasteiger partial charge is 0.306 e. The van der Waals surface area contributed by atoms with Crippen LogP contribution in [0.4, 0.5) is 0 Å². The van der Waals surface area contributed by atoms with Gasteiger partial charge in [0.2, 0.25) is 0 Å². The Morgan fingerprint density at radius 1 is 1.12 bits per heavy atom. The lowest BCUT2D eigenvalue weighted by atomic mass is 10.1. The number of fused-ring (bicyclic) bond motifs is 2. The van der Waals surface area contributed by atoms with Gasteiger partial charge in [0.05, 0.1) is 22.6 Å². The number of aromatic nitrogens is 4. The highest BCUT2D eigenvalue weighted by Crippen LogP contribution is 2.28. The zero-order valence-electron chi connectivity index (χ0n) is 13.3. The fraction of sp³-hybridized carbons (Fsp3) is 0.105. The van der Waals surface area contributed by atoms with Crippen molar-refractivity contribution in [3.63, 3.8) is 0 Å². The molecular weight excluding hydrogens is 332 g/mol. The molecule has 1 aliphatic rings. The number of aryl methyl sites for hydroxylation is 1. The van der Waals surface area contributed by atoms with Gasteiger partial charge in [-0.1, -0.05) is 0 Å². The van der Waals surface area contributed by atoms with Gasteiger partial charge in [-0.2, -0.15) is 0 Å². The minimum absolute atomic E-state index is 0.698. The molecule has 2 aromatic heterocycles. The van der Waals surface area contributed by atoms with Gasteiger partial charge in [-0.25, -0.2) is 15.0 Å². The average Bonchev–Trinajstić information content (AvgIpc) is 3.31. The predicted octanol–water partition coefficient (Wildman–Crippen LogP) is 3.15. The summed E-state index contributed by atoms with van der Waals surface area (Å²) in [4.78, 5) is 14.3. The third kappa shape index (κ3) is 2.46. The van der Waals surface area contributed by atoms with Gasteiger partial charge in [0.25, 0.3) is 0 Å². The number of imidazole rings is 1. The fourth-order valence-corrected chi connectivity index (χ4v) is 4.48. The van der Waals surface area contributed by atoms with E-state index >= 15 is 0 Å². The van der Waals surface area contributed by atoms with Crippen LogP contribution in [0.25, 0.3) is 28.0 Å². The summed E-state index contributed by atoms with van der Waals surface area (Å²) in [5, 5.41) is 0.984. The summed E-state index contributed by atoms with van der Waals surface area (Å²) in [5.74, 6) is 1.41. The van der Waals surface area contributed by atoms with Gasteiger partial charge >= 0.3 is 0 Å². The Hall–Kier alpha value is -2.86. The summed E-state index contributed by atoms with van der Waals surface area (Å²) in [6, 6.07) is 12.0. The van der Waals surface area contributed by atoms with Gasteiger partial charge in [0.15, 0.2) is 5.82 Å². The normalized spacial score (nSPS) is 16.2. The Bertz CT molecular complexity index is 1120. The van der Waals surface area contributed by atoms with Gasteiger partial charge in [-0.3, -0.25) is 4.21 Å². The molecule has 5 rings (SSSR count). The zero-order valence-corrected chi connectivity index (χ0v) is 14.1. The number of nitrogens with zero attached hydrogens (tertiary/aromatic N) is 4. The second-order valence-electron chi connectivity index (χ2n) is 6.03. The predicted molar refractivity (Wildman–Crippen MR) is 97.1 cm³/mol. The summed E-state index contributed by atoms with van der Waals surface area (Å²) in [6.07, 6.45) is 8.14. The molecule has 0 saturated carbocycles. The highest BCUT2D eigenvalue weighted by molar-refractivity contribution is 7.85. The SMILES string of the molecule is O=S1CCc2cc(-c3ncc4cc(-n5ccnc5)ccc4n3)ccc21. The van der Waals surface area contributed by atoms with Crippen LogP contribution in [0.1, 0.15) is 5.56 Å². The van der Waals surface area contributed by atoms with Crippen LogP contribution in [0.2, 0.25) is 0 Å². The van der Waals surface area contributed by atoms with E-state index < -0.39 is 10.8 Å². The Balaban J connectivity index is 1.57. The summed E-state index contributed by atoms with van der Waals surface area (Å²) in [7, 11) is -0.850. The first-order valence-electron chi connectivity index (χ1n) is 8.05. The molecule has 5 nitrogen and oxygen atoms in total. The topological polar surface area (TPSA) is 60.7 Å². The first kappa shape index (κ1) is 14.5. The van der Waals surface area contributed by atoms with Gasteiger partial charge in [0, 0.05) is 45.9 Å². The molecule has 6 heteroatoms. The molecule has 0 fully saturated rings. The molecule has 0 spiro atoms. The van der Waals surface area contributed by atoms with Crippen LogP contribution >= 0.6 is 0 Å². The molecule has 0 radical (unpaired) electrons. The van der Waals surface area contributed by atoms with Crippen molar-refractivity contribution >= 4 is 21.7 Å². The Morgan fingerprint density at radius 3 is 2.96 bits per heavy atom. The van der Waals surface area contributed by atoms with Crippen LogP contribution in [0.5, 0.6) is 0 Å². The van der Waals surface area contributed by atoms with Crippen LogP contribution in [0, 0.1) is 0 Å². The molecule has 4 aromatic rings. The summed E-state index contributed by atoms with van der Waals surface area (Å²) in [5.41, 5.74) is 4.05. The van der Waals surface area contributed by atoms with Gasteiger partial charge < -0.3 is 4.57 Å². The van der Waals surface area contributed by atoms with Gasteiger partial charge in [-0.05, 0) is 48.4 Å². The summed E-state index contributed by atoms with van der Waals surface area (Å²) < 4.78 is 13.8. The molecule has 3 heterocycles. The van der Waals surface area contributed by atoms with Crippen LogP contribution in [-0.4, -0.2) is 29.5 Å². The molecular formula is C19H14N4OS. The van der Waals surface area contributed by atoms with Crippen LogP contribution in [0.3, 0.4) is 0 Å². The van der Waals surface area contributed by atoms with Crippen LogP contribution < -0.4 is 0 Å². The van der Waals surface area contributed by atoms with Crippen LogP contribution in [-0.2, 0) is 17.2 Å². The van der Waals surface area contributed by atoms with Gasteiger partial charge in [0.1, 0.15) is 0 Å². The lowest BCUT2D eigenvalue weighted by Gasteiger charge is -2.07. The van der Waals surface area contributed by atoms with E-state index in [0.29, 0.717) is 11.6 Å². The molecule has 25 heavy (non-hydrogen) atoms. The monoisotopic (exact) mass is 346 g/mol. The molecule has 0 aliphatic carbocycles. The van der Waals surface area contributed by atoms with E-state index in [2.05, 4.69) is 16.0 Å². The summed E-state index contributed by atoms with van der Waals surface area (Å²) in [6.45, 7) is 0. The highest BCUT2D eigenvalue weighted by atomic mass is 32.2. The quantitative estimate of drug-likeness (QED) is 0.559. The van der Waals surface area contributed by atoms with Crippen LogP contribution in [0.15, 0.2) is 66.2 Å². The van der Waals surface area contributed by atoms with E-state index in [1.54, 1.807) is 12.5 Å². The third-order valence-electron chi connectivity index (χ3n) is 4.49. The molecule has 2 aromatic carbocycles. The van der Waals surface area contributed by atoms with E-state index in [0.717, 1.165) is 39.0 Å². The van der Waals surface area contributed by atoms with Crippen molar-refractivity contribution in [2.75, 3.05) is 5.75 Å². The number of benzene rings is 2. The minimum atomic E-state index is -0.850. The van der Waals surface area contributed by atoms with E-state index in [4.69, 9.17) is 4.98 Å². The van der Waals surface area contributed by atoms with Crippen molar-refractivity contribution in [3.8, 4) is 17.1 Å². The smallest absolute Gasteiger partial charge is 0.159 e. The first-order chi connectivity index (χ1) is 12.3. The Kier molecular flexibility index (Phi) is 3.24. The van der Waals surface area contributed by atoms with Crippen molar-refractivity contribution in [2.24, 2.45) is 0 Å². The highest BCUT2D eigenvalue weighted by Gasteiger charge is 2.19. The maximum Gasteiger partial charge on any atom is 0.159 e. The molecule has 0 bridgehead atoms. The first-order valence-corrected chi connectivity index (χ1v) is 9.37. The fourth-order valence-electron chi connectivity index (χ4n) is 3.18. The van der Waals surface area contributed by atoms with Crippen molar-refractivity contribution in [1.29, 1.82) is 0 Å². The van der Waals surface area contributed by atoms with Crippen molar-refractivity contribution < 1.29 is 4.21 Å². The van der Waals surface area contributed by atoms with Gasteiger partial charge in [-0.15, -0.1) is 0 Å². The molecule has 1 atom stereocenters. The minimum Gasteiger partial charge on any atom is -0.306 e. The van der Waals surface area contributed by atoms with E-state index in [9.17, 15) is 4.21 Å². The molecule has 0 saturated heterocycles. The Labute approximate surface area is 146 Å². The second-order valence-corrected chi connectivity index (χ2v) is 7.57. The third-order valence-corrected chi connectivity index (χ3v) is 5.95. The molecule has 122 valence electrons. The number of hydrogen-bond donors (Lipinski definition) is 0. The Morgan fingerprint density at radius 2 is 2.08 bits per heavy atom. The summed E-state index contributed by atoms with van der Waals surface area (Å²) >= 11 is 0. The lowest BCUT2D eigenvalue weighted by Crippen LogP contribution is -1.94. The lowest BCUT2D eigenvalue weighted by molar-refractivity contribution is 0.685. The van der Waals surface area contributed by atoms with Crippen molar-refractivity contribution in [3.05, 3.63) is 66.9 Å². The molecule has 0 N–H and O–H groups in total. The van der Waals surface area contributed by atoms with E-state index in [-0.39, 0.29) is 0 Å². The maximum atomic E-state index is 11.9. The number of hydrogen-bond acceptors (Lipinski definition) is 4. The van der Waals surface area contributed by atoms with E-state index in [1.165, 1.54) is 0 Å². The standard InChI is InChI=1S/C19H14N4OS/c24-25-8-5-13-9-14(1-4-18(13)25)19-21-11-15-10-16(2-3-17(15)22-19)23-7-6-20-12-23/h1-4,6-7,9-12H,5,8H2. The number of rotatable bonds is 2. The average molecular weight is 346 g/mol. The maximum absolute atomic E-state index is 11.9. The zero-order chi connectivity index (χ0) is 16.8. The molecule has 1 unspecified atom stereocenters. The second kappa shape index (κ2) is 5.60. The van der Waals surface area contributed by atoms with E-state index in [1.807, 2.05) is 47.3 Å². The molecule has 0 amide bonds. The molecule has 1 aliphatic heterocycles. The van der Waals surface area contributed by atoms with Crippen molar-refractivity contribution in [2.45, 2.75) is 11.3 Å².